The molecule has 218 valence electrons. The Labute approximate surface area is 250 Å². The Morgan fingerprint density at radius 1 is 0.905 bits per heavy atom. The van der Waals surface area contributed by atoms with Crippen LogP contribution in [-0.2, 0) is 4.79 Å². The molecule has 10 heteroatoms. The third kappa shape index (κ3) is 6.60. The highest BCUT2D eigenvalue weighted by Crippen LogP contribution is 2.30. The van der Waals surface area contributed by atoms with Gasteiger partial charge in [0.05, 0.1) is 14.2 Å². The van der Waals surface area contributed by atoms with E-state index in [-0.39, 0.29) is 17.9 Å². The Morgan fingerprint density at radius 3 is 2.38 bits per heavy atom. The van der Waals surface area contributed by atoms with Crippen molar-refractivity contribution in [1.29, 1.82) is 0 Å². The molecular formula is C32H35N5O4S. The normalized spacial score (nSPS) is 15.0. The molecule has 1 unspecified atom stereocenters. The van der Waals surface area contributed by atoms with E-state index in [2.05, 4.69) is 10.2 Å². The van der Waals surface area contributed by atoms with E-state index in [1.165, 1.54) is 0 Å². The maximum absolute atomic E-state index is 13.1. The molecule has 0 bridgehead atoms. The van der Waals surface area contributed by atoms with Gasteiger partial charge < -0.3 is 19.3 Å². The van der Waals surface area contributed by atoms with E-state index in [1.54, 1.807) is 38.1 Å². The van der Waals surface area contributed by atoms with Crippen LogP contribution in [0.1, 0.15) is 30.1 Å². The number of nitrogens with zero attached hydrogens (tertiary/aromatic N) is 5. The van der Waals surface area contributed by atoms with Gasteiger partial charge in [0, 0.05) is 54.7 Å². The van der Waals surface area contributed by atoms with E-state index in [0.717, 1.165) is 33.7 Å². The van der Waals surface area contributed by atoms with Crippen LogP contribution in [0, 0.1) is 0 Å². The zero-order valence-electron chi connectivity index (χ0n) is 24.1. The van der Waals surface area contributed by atoms with E-state index in [9.17, 15) is 9.59 Å². The Hall–Kier alpha value is -4.31. The summed E-state index contributed by atoms with van der Waals surface area (Å²) in [5.41, 5.74) is 2.47. The molecule has 2 heterocycles. The summed E-state index contributed by atoms with van der Waals surface area (Å²) in [5.74, 6) is 2.92. The number of carbonyl (C=O) groups excluding carboxylic acids is 2. The maximum Gasteiger partial charge on any atom is 0.254 e. The molecule has 3 aromatic carbocycles. The van der Waals surface area contributed by atoms with Crippen molar-refractivity contribution in [2.45, 2.75) is 31.0 Å². The van der Waals surface area contributed by atoms with Crippen molar-refractivity contribution < 1.29 is 19.1 Å². The van der Waals surface area contributed by atoms with Crippen molar-refractivity contribution >= 4 is 23.6 Å². The van der Waals surface area contributed by atoms with Gasteiger partial charge in [-0.15, -0.1) is 10.2 Å². The zero-order chi connectivity index (χ0) is 29.5. The highest BCUT2D eigenvalue weighted by Gasteiger charge is 2.30. The minimum atomic E-state index is -0.0739. The van der Waals surface area contributed by atoms with Gasteiger partial charge in [0.2, 0.25) is 5.91 Å². The van der Waals surface area contributed by atoms with E-state index in [0.29, 0.717) is 43.8 Å². The lowest BCUT2D eigenvalue weighted by Crippen LogP contribution is -2.55. The number of hydrogen-bond acceptors (Lipinski definition) is 7. The van der Waals surface area contributed by atoms with Gasteiger partial charge in [-0.25, -0.2) is 0 Å². The smallest absolute Gasteiger partial charge is 0.254 e. The van der Waals surface area contributed by atoms with Crippen LogP contribution in [0.15, 0.2) is 84.0 Å². The molecule has 2 amide bonds. The van der Waals surface area contributed by atoms with E-state index >= 15 is 0 Å². The molecule has 5 rings (SSSR count). The molecule has 0 aliphatic carbocycles. The van der Waals surface area contributed by atoms with Gasteiger partial charge in [0.25, 0.3) is 5.91 Å². The van der Waals surface area contributed by atoms with Crippen LogP contribution in [0.2, 0.25) is 0 Å². The first kappa shape index (κ1) is 29.2. The number of para-hydroxylation sites is 1. The number of amides is 2. The van der Waals surface area contributed by atoms with Crippen molar-refractivity contribution in [1.82, 2.24) is 24.6 Å². The van der Waals surface area contributed by atoms with Crippen molar-refractivity contribution in [3.8, 4) is 28.6 Å². The van der Waals surface area contributed by atoms with Crippen molar-refractivity contribution in [3.05, 3.63) is 84.4 Å². The van der Waals surface area contributed by atoms with Gasteiger partial charge >= 0.3 is 0 Å². The number of benzene rings is 3. The molecule has 1 aliphatic heterocycles. The molecular weight excluding hydrogens is 550 g/mol. The number of hydrogen-bond donors (Lipinski definition) is 0. The van der Waals surface area contributed by atoms with Gasteiger partial charge in [-0.05, 0) is 55.8 Å². The minimum Gasteiger partial charge on any atom is -0.497 e. The Kier molecular flexibility index (Phi) is 9.43. The van der Waals surface area contributed by atoms with Crippen LogP contribution in [0.3, 0.4) is 0 Å². The van der Waals surface area contributed by atoms with Crippen LogP contribution < -0.4 is 9.47 Å². The first-order valence-electron chi connectivity index (χ1n) is 14.0. The van der Waals surface area contributed by atoms with Gasteiger partial charge in [-0.1, -0.05) is 48.2 Å². The molecule has 4 aromatic rings. The third-order valence-electron chi connectivity index (χ3n) is 7.30. The van der Waals surface area contributed by atoms with Crippen LogP contribution >= 0.6 is 11.8 Å². The summed E-state index contributed by atoms with van der Waals surface area (Å²) in [6.45, 7) is 3.54. The van der Waals surface area contributed by atoms with Crippen LogP contribution in [-0.4, -0.2) is 82.0 Å². The van der Waals surface area contributed by atoms with E-state index in [4.69, 9.17) is 9.47 Å². The lowest BCUT2D eigenvalue weighted by molar-refractivity contribution is -0.133. The topological polar surface area (TPSA) is 89.8 Å². The number of ether oxygens (including phenoxy) is 2. The molecule has 1 aliphatic rings. The highest BCUT2D eigenvalue weighted by molar-refractivity contribution is 7.99. The summed E-state index contributed by atoms with van der Waals surface area (Å²) in [6.07, 6.45) is 1.14. The quantitative estimate of drug-likeness (QED) is 0.187. The second kappa shape index (κ2) is 13.6. The van der Waals surface area contributed by atoms with Crippen molar-refractivity contribution in [2.75, 3.05) is 39.6 Å². The predicted octanol–water partition coefficient (Wildman–Crippen LogP) is 5.20. The predicted molar refractivity (Wildman–Crippen MR) is 163 cm³/mol. The monoisotopic (exact) mass is 585 g/mol. The fourth-order valence-corrected chi connectivity index (χ4v) is 5.97. The summed E-state index contributed by atoms with van der Waals surface area (Å²) in [6, 6.07) is 24.9. The van der Waals surface area contributed by atoms with E-state index < -0.39 is 0 Å². The molecule has 1 atom stereocenters. The number of piperazine rings is 1. The van der Waals surface area contributed by atoms with Crippen LogP contribution in [0.5, 0.6) is 11.5 Å². The van der Waals surface area contributed by atoms with Gasteiger partial charge in [0.1, 0.15) is 11.5 Å². The Morgan fingerprint density at radius 2 is 1.64 bits per heavy atom. The highest BCUT2D eigenvalue weighted by atomic mass is 32.2. The second-order valence-electron chi connectivity index (χ2n) is 10.1. The fraction of sp³-hybridized carbons (Fsp3) is 0.312. The zero-order valence-corrected chi connectivity index (χ0v) is 24.9. The lowest BCUT2D eigenvalue weighted by atomic mass is 10.1. The Bertz CT molecular complexity index is 1530. The number of methoxy groups -OCH3 is 2. The average molecular weight is 586 g/mol. The maximum atomic E-state index is 13.1. The summed E-state index contributed by atoms with van der Waals surface area (Å²) >= 11 is 1.59. The van der Waals surface area contributed by atoms with Gasteiger partial charge in [0.15, 0.2) is 11.0 Å². The first-order chi connectivity index (χ1) is 20.5. The third-order valence-corrected chi connectivity index (χ3v) is 8.31. The summed E-state index contributed by atoms with van der Waals surface area (Å²) in [5, 5.41) is 9.77. The van der Waals surface area contributed by atoms with Gasteiger partial charge in [-0.3, -0.25) is 14.2 Å². The lowest BCUT2D eigenvalue weighted by Gasteiger charge is -2.40. The molecule has 1 fully saturated rings. The molecule has 0 spiro atoms. The number of aromatic nitrogens is 3. The molecule has 0 saturated carbocycles. The largest absolute Gasteiger partial charge is 0.497 e. The fourth-order valence-electron chi connectivity index (χ4n) is 5.08. The molecule has 42 heavy (non-hydrogen) atoms. The van der Waals surface area contributed by atoms with Crippen LogP contribution in [0.25, 0.3) is 17.1 Å². The minimum absolute atomic E-state index is 0.0410. The average Bonchev–Trinajstić information content (AvgIpc) is 3.47. The summed E-state index contributed by atoms with van der Waals surface area (Å²) in [4.78, 5) is 29.9. The molecule has 1 saturated heterocycles. The van der Waals surface area contributed by atoms with Gasteiger partial charge in [-0.2, -0.15) is 0 Å². The van der Waals surface area contributed by atoms with Crippen LogP contribution in [0.4, 0.5) is 0 Å². The summed E-state index contributed by atoms with van der Waals surface area (Å²) in [7, 11) is 3.23. The molecule has 9 nitrogen and oxygen atoms in total. The SMILES string of the molecule is COc1cccc(C(=O)N2CCN(C(=O)CCCSc3nnc(-c4cccc(OC)c4)n3-c3ccccc3)CC2C)c1. The molecule has 0 N–H and O–H groups in total. The standard InChI is InChI=1S/C32H35N5O4S/c1-23-22-35(17-18-36(23)31(39)25-11-8-15-28(21-25)41-3)29(38)16-9-19-42-32-34-33-30(24-10-7-14-27(20-24)40-2)37(32)26-12-5-4-6-13-26/h4-8,10-15,20-21,23H,9,16-19,22H2,1-3H3. The van der Waals surface area contributed by atoms with Crippen molar-refractivity contribution in [3.63, 3.8) is 0 Å². The Balaban J connectivity index is 1.18. The first-order valence-corrected chi connectivity index (χ1v) is 15.0. The second-order valence-corrected chi connectivity index (χ2v) is 11.1. The van der Waals surface area contributed by atoms with Crippen molar-refractivity contribution in [2.24, 2.45) is 0 Å². The summed E-state index contributed by atoms with van der Waals surface area (Å²) < 4.78 is 12.7. The molecule has 0 radical (unpaired) electrons. The number of thioether (sulfide) groups is 1. The molecule has 1 aromatic heterocycles. The number of rotatable bonds is 10. The van der Waals surface area contributed by atoms with E-state index in [1.807, 2.05) is 88.0 Å². The number of carbonyl (C=O) groups is 2.